The van der Waals surface area contributed by atoms with Crippen molar-refractivity contribution in [3.05, 3.63) is 24.7 Å². The number of thiazole rings is 1. The Balaban J connectivity index is 2.37. The summed E-state index contributed by atoms with van der Waals surface area (Å²) >= 11 is 8.17. The second-order valence-corrected chi connectivity index (χ2v) is 9.56. The summed E-state index contributed by atoms with van der Waals surface area (Å²) in [7, 11) is -3.87. The van der Waals surface area contributed by atoms with Crippen LogP contribution >= 0.6 is 54.5 Å². The summed E-state index contributed by atoms with van der Waals surface area (Å²) in [6.07, 6.45) is 1.47. The largest absolute Gasteiger partial charge is 0.477 e. The van der Waals surface area contributed by atoms with Crippen LogP contribution in [-0.2, 0) is 10.0 Å². The van der Waals surface area contributed by atoms with Gasteiger partial charge in [-0.3, -0.25) is 4.72 Å². The van der Waals surface area contributed by atoms with Crippen LogP contribution in [0.15, 0.2) is 24.7 Å². The van der Waals surface area contributed by atoms with E-state index in [1.165, 1.54) is 6.20 Å². The fourth-order valence-electron chi connectivity index (χ4n) is 1.11. The van der Waals surface area contributed by atoms with Gasteiger partial charge in [-0.25, -0.2) is 18.2 Å². The van der Waals surface area contributed by atoms with E-state index in [-0.39, 0.29) is 18.7 Å². The minimum absolute atomic E-state index is 0.0624. The smallest absolute Gasteiger partial charge is 0.345 e. The third kappa shape index (κ3) is 3.34. The number of carbonyl (C=O) groups is 1. The average Bonchev–Trinajstić information content (AvgIpc) is 2.85. The number of thiophene rings is 1. The highest BCUT2D eigenvalue weighted by Crippen LogP contribution is 2.33. The molecular formula is C8H4Br2N2O4S3. The third-order valence-corrected chi connectivity index (χ3v) is 6.95. The van der Waals surface area contributed by atoms with Gasteiger partial charge in [0.1, 0.15) is 9.77 Å². The van der Waals surface area contributed by atoms with Crippen molar-refractivity contribution < 1.29 is 18.3 Å². The van der Waals surface area contributed by atoms with Crippen molar-refractivity contribution >= 4 is 75.7 Å². The Morgan fingerprint density at radius 2 is 2.05 bits per heavy atom. The van der Waals surface area contributed by atoms with Gasteiger partial charge in [-0.1, -0.05) is 11.3 Å². The van der Waals surface area contributed by atoms with Crippen LogP contribution in [0.25, 0.3) is 0 Å². The van der Waals surface area contributed by atoms with Crippen molar-refractivity contribution in [2.75, 3.05) is 4.72 Å². The lowest BCUT2D eigenvalue weighted by atomic mass is 10.5. The molecule has 2 heterocycles. The van der Waals surface area contributed by atoms with Crippen LogP contribution in [0.3, 0.4) is 0 Å². The van der Waals surface area contributed by atoms with Crippen LogP contribution in [0.4, 0.5) is 5.13 Å². The molecule has 0 aliphatic carbocycles. The summed E-state index contributed by atoms with van der Waals surface area (Å²) in [5.74, 6) is -1.18. The first kappa shape index (κ1) is 14.9. The number of carboxylic acid groups (broad SMARTS) is 1. The molecule has 0 unspecified atom stereocenters. The van der Waals surface area contributed by atoms with Gasteiger partial charge in [0, 0.05) is 0 Å². The molecule has 0 bridgehead atoms. The Bertz CT molecular complexity index is 737. The molecule has 2 aromatic rings. The van der Waals surface area contributed by atoms with Gasteiger partial charge in [0.25, 0.3) is 10.0 Å². The van der Waals surface area contributed by atoms with E-state index >= 15 is 0 Å². The first-order valence-corrected chi connectivity index (χ1v) is 9.16. The molecule has 0 saturated carbocycles. The van der Waals surface area contributed by atoms with Crippen molar-refractivity contribution in [2.45, 2.75) is 4.90 Å². The normalized spacial score (nSPS) is 11.5. The molecule has 102 valence electrons. The van der Waals surface area contributed by atoms with E-state index in [9.17, 15) is 13.2 Å². The molecule has 0 fully saturated rings. The number of rotatable bonds is 4. The Hall–Kier alpha value is -0.490. The topological polar surface area (TPSA) is 96.4 Å². The van der Waals surface area contributed by atoms with Crippen molar-refractivity contribution in [1.82, 2.24) is 4.98 Å². The molecule has 2 aromatic heterocycles. The average molecular weight is 448 g/mol. The monoisotopic (exact) mass is 446 g/mol. The molecule has 0 spiro atoms. The Morgan fingerprint density at radius 1 is 1.37 bits per heavy atom. The van der Waals surface area contributed by atoms with E-state index in [2.05, 4.69) is 41.6 Å². The highest BCUT2D eigenvalue weighted by molar-refractivity contribution is 9.11. The maximum Gasteiger partial charge on any atom is 0.345 e. The minimum Gasteiger partial charge on any atom is -0.477 e. The van der Waals surface area contributed by atoms with Crippen molar-refractivity contribution in [3.8, 4) is 0 Å². The fraction of sp³-hybridized carbons (Fsp3) is 0. The van der Waals surface area contributed by atoms with Crippen LogP contribution < -0.4 is 4.72 Å². The molecule has 11 heteroatoms. The zero-order chi connectivity index (χ0) is 14.2. The van der Waals surface area contributed by atoms with Crippen molar-refractivity contribution in [2.24, 2.45) is 0 Å². The summed E-state index contributed by atoms with van der Waals surface area (Å²) in [6, 6.07) is 1.10. The van der Waals surface area contributed by atoms with Gasteiger partial charge >= 0.3 is 5.97 Å². The number of anilines is 1. The maximum atomic E-state index is 12.1. The van der Waals surface area contributed by atoms with E-state index < -0.39 is 16.0 Å². The van der Waals surface area contributed by atoms with Crippen LogP contribution in [0.5, 0.6) is 0 Å². The number of hydrogen-bond donors (Lipinski definition) is 2. The maximum absolute atomic E-state index is 12.1. The number of sulfonamides is 1. The van der Waals surface area contributed by atoms with Gasteiger partial charge < -0.3 is 5.11 Å². The number of carboxylic acids is 1. The summed E-state index contributed by atoms with van der Waals surface area (Å²) in [5.41, 5.74) is 0. The SMILES string of the molecule is O=C(O)c1cc(S(=O)(=O)Nc2ncc(Br)s2)c(Br)s1. The van der Waals surface area contributed by atoms with Gasteiger partial charge in [-0.2, -0.15) is 0 Å². The Kier molecular flexibility index (Phi) is 4.30. The molecule has 0 saturated heterocycles. The lowest BCUT2D eigenvalue weighted by Crippen LogP contribution is -2.12. The fourth-order valence-corrected chi connectivity index (χ4v) is 5.87. The third-order valence-electron chi connectivity index (χ3n) is 1.85. The van der Waals surface area contributed by atoms with Crippen LogP contribution in [-0.4, -0.2) is 24.5 Å². The van der Waals surface area contributed by atoms with Crippen molar-refractivity contribution in [1.29, 1.82) is 0 Å². The van der Waals surface area contributed by atoms with Crippen molar-refractivity contribution in [3.63, 3.8) is 0 Å². The lowest BCUT2D eigenvalue weighted by molar-refractivity contribution is 0.0702. The number of hydrogen-bond acceptors (Lipinski definition) is 6. The molecule has 0 amide bonds. The second-order valence-electron chi connectivity index (χ2n) is 3.13. The second kappa shape index (κ2) is 5.48. The molecule has 2 N–H and O–H groups in total. The van der Waals surface area contributed by atoms with E-state index in [0.717, 1.165) is 28.7 Å². The quantitative estimate of drug-likeness (QED) is 0.749. The number of nitrogens with one attached hydrogen (secondary N) is 1. The van der Waals surface area contributed by atoms with E-state index in [4.69, 9.17) is 5.11 Å². The summed E-state index contributed by atoms with van der Waals surface area (Å²) in [4.78, 5) is 14.5. The van der Waals surface area contributed by atoms with Gasteiger partial charge in [0.05, 0.1) is 13.8 Å². The van der Waals surface area contributed by atoms with Crippen LogP contribution in [0.1, 0.15) is 9.67 Å². The predicted molar refractivity (Wildman–Crippen MR) is 79.6 cm³/mol. The summed E-state index contributed by atoms with van der Waals surface area (Å²) in [5, 5.41) is 9.04. The lowest BCUT2D eigenvalue weighted by Gasteiger charge is -2.02. The summed E-state index contributed by atoms with van der Waals surface area (Å²) < 4.78 is 27.4. The molecule has 0 aromatic carbocycles. The Morgan fingerprint density at radius 3 is 2.53 bits per heavy atom. The van der Waals surface area contributed by atoms with Gasteiger partial charge in [-0.15, -0.1) is 11.3 Å². The van der Waals surface area contributed by atoms with E-state index in [1.54, 1.807) is 0 Å². The van der Waals surface area contributed by atoms with Gasteiger partial charge in [0.15, 0.2) is 5.13 Å². The van der Waals surface area contributed by atoms with Crippen LogP contribution in [0.2, 0.25) is 0 Å². The van der Waals surface area contributed by atoms with E-state index in [1.807, 2.05) is 0 Å². The molecule has 2 rings (SSSR count). The first-order chi connectivity index (χ1) is 8.79. The molecule has 0 aliphatic heterocycles. The zero-order valence-electron chi connectivity index (χ0n) is 8.75. The molecule has 0 radical (unpaired) electrons. The number of aromatic nitrogens is 1. The summed E-state index contributed by atoms with van der Waals surface area (Å²) in [6.45, 7) is 0. The standard InChI is InChI=1S/C8H4Br2N2O4S3/c9-5-2-11-8(18-5)12-19(15,16)4-1-3(7(13)14)17-6(4)10/h1-2H,(H,11,12)(H,13,14). The Labute approximate surface area is 132 Å². The van der Waals surface area contributed by atoms with Gasteiger partial charge in [-0.05, 0) is 37.9 Å². The molecule has 0 atom stereocenters. The molecular weight excluding hydrogens is 444 g/mol. The zero-order valence-corrected chi connectivity index (χ0v) is 14.4. The van der Waals surface area contributed by atoms with Gasteiger partial charge in [0.2, 0.25) is 0 Å². The first-order valence-electron chi connectivity index (χ1n) is 4.46. The molecule has 0 aliphatic rings. The number of nitrogens with zero attached hydrogens (tertiary/aromatic N) is 1. The number of aromatic carboxylic acids is 1. The minimum atomic E-state index is -3.87. The predicted octanol–water partition coefficient (Wildman–Crippen LogP) is 3.23. The molecule has 6 nitrogen and oxygen atoms in total. The highest BCUT2D eigenvalue weighted by Gasteiger charge is 2.24. The molecule has 19 heavy (non-hydrogen) atoms. The van der Waals surface area contributed by atoms with Crippen LogP contribution in [0, 0.1) is 0 Å². The highest BCUT2D eigenvalue weighted by atomic mass is 79.9. The van der Waals surface area contributed by atoms with E-state index in [0.29, 0.717) is 3.79 Å². The number of halogens is 2.